The molecule has 21 heavy (non-hydrogen) atoms. The lowest BCUT2D eigenvalue weighted by Gasteiger charge is -2.31. The molecule has 2 fully saturated rings. The first-order valence-electron chi connectivity index (χ1n) is 6.67. The van der Waals surface area contributed by atoms with E-state index in [0.29, 0.717) is 37.5 Å². The van der Waals surface area contributed by atoms with Gasteiger partial charge in [-0.05, 0) is 12.8 Å². The zero-order chi connectivity index (χ0) is 15.0. The predicted molar refractivity (Wildman–Crippen MR) is 75.1 cm³/mol. The van der Waals surface area contributed by atoms with Crippen molar-refractivity contribution in [3.05, 3.63) is 11.1 Å². The summed E-state index contributed by atoms with van der Waals surface area (Å²) >= 11 is 1.35. The standard InChI is InChI=1S/C13H15N3O4S/c1-20-10(18)8-6-21-12(14-8)16-5-4-13(7-16)3-2-9(17)15-11(13)19/h6H,2-5,7H2,1H3,(H,15,17,19). The Kier molecular flexibility index (Phi) is 3.40. The van der Waals surface area contributed by atoms with E-state index >= 15 is 0 Å². The Morgan fingerprint density at radius 1 is 1.48 bits per heavy atom. The number of hydrogen-bond donors (Lipinski definition) is 1. The molecule has 0 saturated carbocycles. The first-order chi connectivity index (χ1) is 10.0. The summed E-state index contributed by atoms with van der Waals surface area (Å²) in [6, 6.07) is 0. The Hall–Kier alpha value is -1.96. The van der Waals surface area contributed by atoms with E-state index in [0.717, 1.165) is 0 Å². The van der Waals surface area contributed by atoms with Gasteiger partial charge < -0.3 is 9.64 Å². The SMILES string of the molecule is COC(=O)c1csc(N2CCC3(CCC(=O)NC3=O)C2)n1. The molecule has 0 aromatic carbocycles. The highest BCUT2D eigenvalue weighted by molar-refractivity contribution is 7.13. The Morgan fingerprint density at radius 3 is 3.00 bits per heavy atom. The summed E-state index contributed by atoms with van der Waals surface area (Å²) in [4.78, 5) is 41.1. The molecule has 3 heterocycles. The van der Waals surface area contributed by atoms with E-state index in [9.17, 15) is 14.4 Å². The number of carbonyl (C=O) groups is 3. The van der Waals surface area contributed by atoms with Crippen LogP contribution in [0, 0.1) is 5.41 Å². The molecule has 7 nitrogen and oxygen atoms in total. The number of nitrogens with one attached hydrogen (secondary N) is 1. The molecule has 1 unspecified atom stereocenters. The van der Waals surface area contributed by atoms with Crippen LogP contribution in [-0.2, 0) is 14.3 Å². The number of rotatable bonds is 2. The second-order valence-electron chi connectivity index (χ2n) is 5.34. The second kappa shape index (κ2) is 5.10. The van der Waals surface area contributed by atoms with Crippen molar-refractivity contribution in [3.63, 3.8) is 0 Å². The van der Waals surface area contributed by atoms with Crippen molar-refractivity contribution in [2.45, 2.75) is 19.3 Å². The number of esters is 1. The van der Waals surface area contributed by atoms with Crippen molar-refractivity contribution < 1.29 is 19.1 Å². The number of piperidine rings is 1. The molecule has 0 bridgehead atoms. The zero-order valence-electron chi connectivity index (χ0n) is 11.5. The van der Waals surface area contributed by atoms with Crippen molar-refractivity contribution >= 4 is 34.3 Å². The van der Waals surface area contributed by atoms with Crippen LogP contribution in [0.25, 0.3) is 0 Å². The number of imide groups is 1. The first-order valence-corrected chi connectivity index (χ1v) is 7.55. The van der Waals surface area contributed by atoms with Gasteiger partial charge in [-0.15, -0.1) is 11.3 Å². The Labute approximate surface area is 125 Å². The first kappa shape index (κ1) is 14.0. The van der Waals surface area contributed by atoms with Gasteiger partial charge in [0.15, 0.2) is 10.8 Å². The number of nitrogens with zero attached hydrogens (tertiary/aromatic N) is 2. The summed E-state index contributed by atoms with van der Waals surface area (Å²) in [7, 11) is 1.32. The van der Waals surface area contributed by atoms with Crippen LogP contribution in [0.4, 0.5) is 5.13 Å². The number of ether oxygens (including phenoxy) is 1. The fraction of sp³-hybridized carbons (Fsp3) is 0.538. The van der Waals surface area contributed by atoms with Crippen LogP contribution in [0.3, 0.4) is 0 Å². The van der Waals surface area contributed by atoms with E-state index in [-0.39, 0.29) is 17.5 Å². The number of methoxy groups -OCH3 is 1. The lowest BCUT2D eigenvalue weighted by atomic mass is 9.79. The molecular formula is C13H15N3O4S. The number of anilines is 1. The quantitative estimate of drug-likeness (QED) is 0.634. The predicted octanol–water partition coefficient (Wildman–Crippen LogP) is 0.563. The molecule has 112 valence electrons. The Bertz CT molecular complexity index is 614. The summed E-state index contributed by atoms with van der Waals surface area (Å²) < 4.78 is 4.64. The summed E-state index contributed by atoms with van der Waals surface area (Å²) in [6.07, 6.45) is 1.65. The third-order valence-corrected chi connectivity index (χ3v) is 4.98. The minimum absolute atomic E-state index is 0.189. The maximum atomic E-state index is 12.1. The molecule has 2 amide bonds. The maximum Gasteiger partial charge on any atom is 0.357 e. The van der Waals surface area contributed by atoms with E-state index in [1.807, 2.05) is 4.90 Å². The van der Waals surface area contributed by atoms with E-state index in [1.165, 1.54) is 18.4 Å². The number of thiazole rings is 1. The van der Waals surface area contributed by atoms with Crippen LogP contribution in [0.2, 0.25) is 0 Å². The van der Waals surface area contributed by atoms with Crippen LogP contribution < -0.4 is 10.2 Å². The van der Waals surface area contributed by atoms with Crippen molar-refractivity contribution in [1.82, 2.24) is 10.3 Å². The number of carbonyl (C=O) groups excluding carboxylic acids is 3. The molecule has 2 saturated heterocycles. The van der Waals surface area contributed by atoms with Crippen LogP contribution in [0.5, 0.6) is 0 Å². The highest BCUT2D eigenvalue weighted by Crippen LogP contribution is 2.40. The van der Waals surface area contributed by atoms with Crippen molar-refractivity contribution in [1.29, 1.82) is 0 Å². The van der Waals surface area contributed by atoms with Crippen LogP contribution in [-0.4, -0.2) is 43.0 Å². The lowest BCUT2D eigenvalue weighted by molar-refractivity contribution is -0.140. The second-order valence-corrected chi connectivity index (χ2v) is 6.17. The molecule has 8 heteroatoms. The van der Waals surface area contributed by atoms with Gasteiger partial charge in [0.05, 0.1) is 12.5 Å². The normalized spacial score (nSPS) is 25.3. The third kappa shape index (κ3) is 2.39. The molecule has 3 rings (SSSR count). The lowest BCUT2D eigenvalue weighted by Crippen LogP contribution is -2.50. The van der Waals surface area contributed by atoms with Gasteiger partial charge in [-0.1, -0.05) is 0 Å². The van der Waals surface area contributed by atoms with Crippen LogP contribution in [0.1, 0.15) is 29.8 Å². The fourth-order valence-electron chi connectivity index (χ4n) is 2.82. The molecule has 1 aromatic rings. The molecule has 2 aliphatic rings. The van der Waals surface area contributed by atoms with Gasteiger partial charge in [0, 0.05) is 24.9 Å². The molecule has 1 spiro atoms. The summed E-state index contributed by atoms with van der Waals surface area (Å²) in [5, 5.41) is 4.78. The molecular weight excluding hydrogens is 294 g/mol. The molecule has 2 aliphatic heterocycles. The topological polar surface area (TPSA) is 88.6 Å². The summed E-state index contributed by atoms with van der Waals surface area (Å²) in [6.45, 7) is 1.22. The Morgan fingerprint density at radius 2 is 2.29 bits per heavy atom. The minimum Gasteiger partial charge on any atom is -0.464 e. The van der Waals surface area contributed by atoms with Gasteiger partial charge >= 0.3 is 5.97 Å². The van der Waals surface area contributed by atoms with Crippen LogP contribution in [0.15, 0.2) is 5.38 Å². The molecule has 1 atom stereocenters. The summed E-state index contributed by atoms with van der Waals surface area (Å²) in [5.41, 5.74) is -0.230. The maximum absolute atomic E-state index is 12.1. The minimum atomic E-state index is -0.509. The van der Waals surface area contributed by atoms with Crippen molar-refractivity contribution in [2.24, 2.45) is 5.41 Å². The van der Waals surface area contributed by atoms with Crippen molar-refractivity contribution in [3.8, 4) is 0 Å². The van der Waals surface area contributed by atoms with E-state index in [4.69, 9.17) is 0 Å². The highest BCUT2D eigenvalue weighted by Gasteiger charge is 2.48. The van der Waals surface area contributed by atoms with Gasteiger partial charge in [-0.3, -0.25) is 14.9 Å². The van der Waals surface area contributed by atoms with E-state index < -0.39 is 11.4 Å². The van der Waals surface area contributed by atoms with Crippen molar-refractivity contribution in [2.75, 3.05) is 25.1 Å². The van der Waals surface area contributed by atoms with Gasteiger partial charge in [-0.25, -0.2) is 9.78 Å². The van der Waals surface area contributed by atoms with E-state index in [1.54, 1.807) is 5.38 Å². The number of hydrogen-bond acceptors (Lipinski definition) is 7. The fourth-order valence-corrected chi connectivity index (χ4v) is 3.64. The molecule has 0 aliphatic carbocycles. The third-order valence-electron chi connectivity index (χ3n) is 4.08. The van der Waals surface area contributed by atoms with Crippen LogP contribution >= 0.6 is 11.3 Å². The largest absolute Gasteiger partial charge is 0.464 e. The highest BCUT2D eigenvalue weighted by atomic mass is 32.1. The zero-order valence-corrected chi connectivity index (χ0v) is 12.4. The smallest absolute Gasteiger partial charge is 0.357 e. The average molecular weight is 309 g/mol. The Balaban J connectivity index is 1.75. The van der Waals surface area contributed by atoms with Gasteiger partial charge in [-0.2, -0.15) is 0 Å². The summed E-state index contributed by atoms with van der Waals surface area (Å²) in [5.74, 6) is -0.857. The van der Waals surface area contributed by atoms with Gasteiger partial charge in [0.1, 0.15) is 0 Å². The molecule has 0 radical (unpaired) electrons. The molecule has 1 N–H and O–H groups in total. The monoisotopic (exact) mass is 309 g/mol. The van der Waals surface area contributed by atoms with E-state index in [2.05, 4.69) is 15.0 Å². The average Bonchev–Trinajstić information content (AvgIpc) is 3.10. The molecule has 1 aromatic heterocycles. The van der Waals surface area contributed by atoms with Gasteiger partial charge in [0.2, 0.25) is 11.8 Å². The van der Waals surface area contributed by atoms with Gasteiger partial charge in [0.25, 0.3) is 0 Å². The number of aromatic nitrogens is 1. The number of amides is 2.